The predicted octanol–water partition coefficient (Wildman–Crippen LogP) is 1.03. The fraction of sp³-hybridized carbons (Fsp3) is 0.357. The van der Waals surface area contributed by atoms with Crippen molar-refractivity contribution < 1.29 is 40.7 Å². The highest BCUT2D eigenvalue weighted by molar-refractivity contribution is 7.91. The van der Waals surface area contributed by atoms with Crippen LogP contribution in [0, 0.1) is 0 Å². The van der Waals surface area contributed by atoms with Crippen molar-refractivity contribution in [3.05, 3.63) is 29.8 Å². The lowest BCUT2D eigenvalue weighted by molar-refractivity contribution is -0.125. The number of alkyl halides is 3. The number of benzene rings is 1. The maximum absolute atomic E-state index is 12.0. The Kier molecular flexibility index (Phi) is 7.12. The van der Waals surface area contributed by atoms with E-state index in [2.05, 4.69) is 4.74 Å². The number of sulfone groups is 1. The van der Waals surface area contributed by atoms with Crippen LogP contribution in [0.15, 0.2) is 29.2 Å². The molecule has 1 aromatic rings. The van der Waals surface area contributed by atoms with Crippen LogP contribution < -0.4 is 10.6 Å². The van der Waals surface area contributed by atoms with Gasteiger partial charge in [0.2, 0.25) is 0 Å². The molecule has 0 atom stereocenters. The van der Waals surface area contributed by atoms with Gasteiger partial charge in [-0.25, -0.2) is 18.0 Å². The van der Waals surface area contributed by atoms with Crippen molar-refractivity contribution >= 4 is 27.7 Å². The van der Waals surface area contributed by atoms with Gasteiger partial charge in [-0.1, -0.05) is 19.1 Å². The Labute approximate surface area is 146 Å². The smallest absolute Gasteiger partial charge is 0.405 e. The molecule has 26 heavy (non-hydrogen) atoms. The van der Waals surface area contributed by atoms with Crippen molar-refractivity contribution in [3.8, 4) is 0 Å². The summed E-state index contributed by atoms with van der Waals surface area (Å²) in [5.41, 5.74) is -0.302. The molecule has 0 saturated heterocycles. The molecule has 0 fully saturated rings. The molecule has 12 heteroatoms. The van der Waals surface area contributed by atoms with Gasteiger partial charge >= 0.3 is 18.2 Å². The van der Waals surface area contributed by atoms with E-state index in [0.29, 0.717) is 0 Å². The third-order valence-electron chi connectivity index (χ3n) is 2.86. The van der Waals surface area contributed by atoms with Gasteiger partial charge in [-0.2, -0.15) is 13.2 Å². The Morgan fingerprint density at radius 1 is 1.15 bits per heavy atom. The van der Waals surface area contributed by atoms with Gasteiger partial charge in [0.05, 0.1) is 16.2 Å². The topological polar surface area (TPSA) is 119 Å². The molecule has 0 aliphatic heterocycles. The molecule has 0 spiro atoms. The van der Waals surface area contributed by atoms with Gasteiger partial charge in [0.1, 0.15) is 6.54 Å². The van der Waals surface area contributed by atoms with Gasteiger partial charge in [0.15, 0.2) is 16.4 Å². The van der Waals surface area contributed by atoms with E-state index < -0.39 is 47.1 Å². The second kappa shape index (κ2) is 8.65. The van der Waals surface area contributed by atoms with E-state index >= 15 is 0 Å². The number of urea groups is 1. The maximum atomic E-state index is 12.0. The van der Waals surface area contributed by atoms with Crippen LogP contribution in [0.5, 0.6) is 0 Å². The zero-order valence-corrected chi connectivity index (χ0v) is 14.2. The zero-order valence-electron chi connectivity index (χ0n) is 13.4. The van der Waals surface area contributed by atoms with Crippen molar-refractivity contribution in [2.75, 3.05) is 18.9 Å². The van der Waals surface area contributed by atoms with E-state index in [1.54, 1.807) is 0 Å². The second-order valence-corrected chi connectivity index (χ2v) is 7.07. The van der Waals surface area contributed by atoms with E-state index in [0.717, 1.165) is 0 Å². The first-order chi connectivity index (χ1) is 12.0. The number of hydrogen-bond acceptors (Lipinski definition) is 6. The lowest BCUT2D eigenvalue weighted by Crippen LogP contribution is -2.44. The third kappa shape index (κ3) is 6.70. The van der Waals surface area contributed by atoms with Crippen LogP contribution in [0.25, 0.3) is 0 Å². The van der Waals surface area contributed by atoms with Gasteiger partial charge in [-0.05, 0) is 12.1 Å². The summed E-state index contributed by atoms with van der Waals surface area (Å²) in [6.45, 7) is -1.25. The van der Waals surface area contributed by atoms with Crippen LogP contribution in [0.2, 0.25) is 0 Å². The Morgan fingerprint density at radius 3 is 2.35 bits per heavy atom. The van der Waals surface area contributed by atoms with Gasteiger partial charge in [0, 0.05) is 0 Å². The molecule has 1 aromatic carbocycles. The number of carbonyl (C=O) groups is 3. The number of nitrogens with one attached hydrogen (secondary N) is 2. The molecule has 0 aliphatic rings. The normalized spacial score (nSPS) is 11.5. The number of ether oxygens (including phenoxy) is 1. The van der Waals surface area contributed by atoms with Crippen LogP contribution in [-0.4, -0.2) is 51.4 Å². The third-order valence-corrected chi connectivity index (χ3v) is 4.64. The molecule has 144 valence electrons. The van der Waals surface area contributed by atoms with Crippen molar-refractivity contribution in [2.45, 2.75) is 18.0 Å². The van der Waals surface area contributed by atoms with Gasteiger partial charge in [0.25, 0.3) is 5.91 Å². The minimum absolute atomic E-state index is 0.267. The number of carbonyl (C=O) groups excluding carboxylic acids is 3. The van der Waals surface area contributed by atoms with Crippen LogP contribution in [0.4, 0.5) is 18.0 Å². The average molecular weight is 396 g/mol. The number of amides is 3. The van der Waals surface area contributed by atoms with Crippen LogP contribution >= 0.6 is 0 Å². The van der Waals surface area contributed by atoms with E-state index in [-0.39, 0.29) is 16.2 Å². The Bertz CT molecular complexity index is 792. The number of hydrogen-bond donors (Lipinski definition) is 2. The van der Waals surface area contributed by atoms with E-state index in [1.165, 1.54) is 41.8 Å². The first kappa shape index (κ1) is 21.4. The second-order valence-electron chi connectivity index (χ2n) is 4.82. The van der Waals surface area contributed by atoms with Crippen LogP contribution in [0.3, 0.4) is 0 Å². The molecule has 8 nitrogen and oxygen atoms in total. The molecule has 0 bridgehead atoms. The van der Waals surface area contributed by atoms with Crippen LogP contribution in [-0.2, 0) is 19.4 Å². The van der Waals surface area contributed by atoms with Gasteiger partial charge < -0.3 is 10.1 Å². The number of halogens is 3. The van der Waals surface area contributed by atoms with Gasteiger partial charge in [-0.15, -0.1) is 0 Å². The summed E-state index contributed by atoms with van der Waals surface area (Å²) < 4.78 is 64.2. The molecule has 3 amide bonds. The minimum atomic E-state index is -4.65. The van der Waals surface area contributed by atoms with Crippen LogP contribution in [0.1, 0.15) is 17.3 Å². The van der Waals surface area contributed by atoms with E-state index in [4.69, 9.17) is 0 Å². The lowest BCUT2D eigenvalue weighted by atomic mass is 10.2. The summed E-state index contributed by atoms with van der Waals surface area (Å²) in [6, 6.07) is 3.74. The monoisotopic (exact) mass is 396 g/mol. The molecule has 2 N–H and O–H groups in total. The van der Waals surface area contributed by atoms with E-state index in [9.17, 15) is 36.0 Å². The maximum Gasteiger partial charge on any atom is 0.405 e. The Hall–Kier alpha value is -2.63. The van der Waals surface area contributed by atoms with Crippen molar-refractivity contribution in [3.63, 3.8) is 0 Å². The highest BCUT2D eigenvalue weighted by Crippen LogP contribution is 2.18. The zero-order chi connectivity index (χ0) is 20.0. The Morgan fingerprint density at radius 2 is 1.77 bits per heavy atom. The minimum Gasteiger partial charge on any atom is -0.452 e. The fourth-order valence-electron chi connectivity index (χ4n) is 1.66. The summed E-state index contributed by atoms with van der Waals surface area (Å²) in [5.74, 6) is -2.59. The molecule has 0 aliphatic carbocycles. The molecule has 0 aromatic heterocycles. The quantitative estimate of drug-likeness (QED) is 0.693. The largest absolute Gasteiger partial charge is 0.452 e. The van der Waals surface area contributed by atoms with Gasteiger partial charge in [-0.3, -0.25) is 10.1 Å². The van der Waals surface area contributed by atoms with E-state index in [1.807, 2.05) is 0 Å². The first-order valence-corrected chi connectivity index (χ1v) is 8.75. The highest BCUT2D eigenvalue weighted by Gasteiger charge is 2.28. The molecule has 0 radical (unpaired) electrons. The fourth-order valence-corrected chi connectivity index (χ4v) is 2.74. The summed E-state index contributed by atoms with van der Waals surface area (Å²) >= 11 is 0. The summed E-state index contributed by atoms with van der Waals surface area (Å²) in [5, 5.41) is 2.92. The summed E-state index contributed by atoms with van der Waals surface area (Å²) in [4.78, 5) is 34.2. The summed E-state index contributed by atoms with van der Waals surface area (Å²) in [7, 11) is -3.72. The van der Waals surface area contributed by atoms with Crippen molar-refractivity contribution in [2.24, 2.45) is 0 Å². The summed E-state index contributed by atoms with van der Waals surface area (Å²) in [6.07, 6.45) is -4.65. The molecular weight excluding hydrogens is 381 g/mol. The first-order valence-electron chi connectivity index (χ1n) is 7.09. The Balaban J connectivity index is 2.65. The van der Waals surface area contributed by atoms with Crippen molar-refractivity contribution in [1.29, 1.82) is 0 Å². The predicted molar refractivity (Wildman–Crippen MR) is 82.0 cm³/mol. The molecule has 0 saturated carbocycles. The average Bonchev–Trinajstić information content (AvgIpc) is 2.57. The molecular formula is C14H15F3N2O6S. The molecule has 0 heterocycles. The molecule has 0 unspecified atom stereocenters. The highest BCUT2D eigenvalue weighted by atomic mass is 32.2. The molecule has 1 rings (SSSR count). The number of esters is 1. The van der Waals surface area contributed by atoms with Crippen molar-refractivity contribution in [1.82, 2.24) is 10.6 Å². The number of rotatable bonds is 6. The SMILES string of the molecule is CCS(=O)(=O)c1ccccc1C(=O)OCC(=O)NC(=O)NCC(F)(F)F. The number of imide groups is 1. The standard InChI is InChI=1S/C14H15F3N2O6S/c1-2-26(23,24)10-6-4-3-5-9(10)12(21)25-7-11(20)19-13(22)18-8-14(15,16)17/h3-6H,2,7-8H2,1H3,(H2,18,19,20,22). The lowest BCUT2D eigenvalue weighted by Gasteiger charge is -2.10.